The largest absolute Gasteiger partial charge is 0.367 e. The predicted octanol–water partition coefficient (Wildman–Crippen LogP) is 4.65. The van der Waals surface area contributed by atoms with E-state index < -0.39 is 0 Å². The third-order valence-corrected chi connectivity index (χ3v) is 3.31. The highest BCUT2D eigenvalue weighted by molar-refractivity contribution is 5.26. The van der Waals surface area contributed by atoms with Crippen LogP contribution in [0.1, 0.15) is 69.9 Å². The summed E-state index contributed by atoms with van der Waals surface area (Å²) in [6.07, 6.45) is 12.3. The molecule has 0 aliphatic carbocycles. The van der Waals surface area contributed by atoms with Gasteiger partial charge >= 0.3 is 0 Å². The fourth-order valence-corrected chi connectivity index (χ4v) is 2.05. The molecule has 0 bridgehead atoms. The van der Waals surface area contributed by atoms with Crippen LogP contribution in [0.2, 0.25) is 0 Å². The first kappa shape index (κ1) is 12.4. The van der Waals surface area contributed by atoms with Gasteiger partial charge in [0.15, 0.2) is 0 Å². The van der Waals surface area contributed by atoms with Crippen molar-refractivity contribution in [1.82, 2.24) is 4.98 Å². The molecule has 1 rings (SSSR count). The lowest BCUT2D eigenvalue weighted by atomic mass is 9.95. The Labute approximate surface area is 94.3 Å². The van der Waals surface area contributed by atoms with E-state index in [1.807, 2.05) is 0 Å². The molecule has 0 spiro atoms. The predicted molar refractivity (Wildman–Crippen MR) is 67.3 cm³/mol. The van der Waals surface area contributed by atoms with Gasteiger partial charge in [0.2, 0.25) is 0 Å². The summed E-state index contributed by atoms with van der Waals surface area (Å²) in [5.74, 6) is 0.706. The molecule has 1 heterocycles. The number of nitrogens with one attached hydrogen (secondary N) is 1. The molecule has 0 fully saturated rings. The van der Waals surface area contributed by atoms with Crippen LogP contribution in [0.5, 0.6) is 0 Å². The number of aryl methyl sites for hydroxylation is 1. The molecular formula is C14H25N. The molecule has 0 saturated carbocycles. The summed E-state index contributed by atoms with van der Waals surface area (Å²) in [6.45, 7) is 6.85. The average molecular weight is 207 g/mol. The number of rotatable bonds is 7. The van der Waals surface area contributed by atoms with Crippen molar-refractivity contribution in [2.45, 2.75) is 65.2 Å². The van der Waals surface area contributed by atoms with Gasteiger partial charge in [-0.15, -0.1) is 0 Å². The van der Waals surface area contributed by atoms with Gasteiger partial charge < -0.3 is 4.98 Å². The van der Waals surface area contributed by atoms with E-state index in [0.29, 0.717) is 5.92 Å². The monoisotopic (exact) mass is 207 g/mol. The Kier molecular flexibility index (Phi) is 5.52. The van der Waals surface area contributed by atoms with Crippen LogP contribution in [0.25, 0.3) is 0 Å². The summed E-state index contributed by atoms with van der Waals surface area (Å²) in [6, 6.07) is 0. The van der Waals surface area contributed by atoms with Gasteiger partial charge in [-0.3, -0.25) is 0 Å². The Morgan fingerprint density at radius 2 is 1.93 bits per heavy atom. The lowest BCUT2D eigenvalue weighted by Gasteiger charge is -2.09. The SMILES string of the molecule is CCCCCCc1c[nH]cc1C(C)CC. The van der Waals surface area contributed by atoms with Gasteiger partial charge in [0.25, 0.3) is 0 Å². The Hall–Kier alpha value is -0.720. The third-order valence-electron chi connectivity index (χ3n) is 3.31. The van der Waals surface area contributed by atoms with Crippen LogP contribution in [0.4, 0.5) is 0 Å². The van der Waals surface area contributed by atoms with E-state index in [9.17, 15) is 0 Å². The molecule has 1 aromatic heterocycles. The fourth-order valence-electron chi connectivity index (χ4n) is 2.05. The summed E-state index contributed by atoms with van der Waals surface area (Å²) in [4.78, 5) is 3.25. The first-order valence-electron chi connectivity index (χ1n) is 6.45. The second-order valence-electron chi connectivity index (χ2n) is 4.56. The minimum Gasteiger partial charge on any atom is -0.367 e. The van der Waals surface area contributed by atoms with E-state index in [2.05, 4.69) is 38.1 Å². The zero-order valence-electron chi connectivity index (χ0n) is 10.5. The van der Waals surface area contributed by atoms with Crippen LogP contribution in [0, 0.1) is 0 Å². The standard InChI is InChI=1S/C14H25N/c1-4-6-7-8-9-13-10-15-11-14(13)12(3)5-2/h10-12,15H,4-9H2,1-3H3. The Morgan fingerprint density at radius 3 is 2.60 bits per heavy atom. The molecule has 0 saturated heterocycles. The zero-order valence-corrected chi connectivity index (χ0v) is 10.5. The molecule has 1 nitrogen and oxygen atoms in total. The Morgan fingerprint density at radius 1 is 1.13 bits per heavy atom. The van der Waals surface area contributed by atoms with Crippen molar-refractivity contribution in [3.63, 3.8) is 0 Å². The first-order chi connectivity index (χ1) is 7.29. The van der Waals surface area contributed by atoms with Gasteiger partial charge in [-0.1, -0.05) is 40.0 Å². The van der Waals surface area contributed by atoms with Crippen molar-refractivity contribution in [1.29, 1.82) is 0 Å². The maximum Gasteiger partial charge on any atom is 0.00429 e. The molecule has 0 aliphatic rings. The van der Waals surface area contributed by atoms with Crippen LogP contribution in [0.15, 0.2) is 12.4 Å². The quantitative estimate of drug-likeness (QED) is 0.626. The van der Waals surface area contributed by atoms with E-state index in [4.69, 9.17) is 0 Å². The Bertz CT molecular complexity index is 262. The van der Waals surface area contributed by atoms with Crippen molar-refractivity contribution >= 4 is 0 Å². The molecule has 0 radical (unpaired) electrons. The second-order valence-corrected chi connectivity index (χ2v) is 4.56. The summed E-state index contributed by atoms with van der Waals surface area (Å²) in [5, 5.41) is 0. The number of hydrogen-bond acceptors (Lipinski definition) is 0. The highest BCUT2D eigenvalue weighted by Gasteiger charge is 2.09. The van der Waals surface area contributed by atoms with E-state index in [1.54, 1.807) is 5.56 Å². The smallest absolute Gasteiger partial charge is 0.00429 e. The number of unbranched alkanes of at least 4 members (excludes halogenated alkanes) is 3. The van der Waals surface area contributed by atoms with Gasteiger partial charge in [0, 0.05) is 12.4 Å². The number of hydrogen-bond donors (Lipinski definition) is 1. The van der Waals surface area contributed by atoms with Crippen LogP contribution >= 0.6 is 0 Å². The third kappa shape index (κ3) is 3.73. The van der Waals surface area contributed by atoms with Crippen molar-refractivity contribution in [3.8, 4) is 0 Å². The zero-order chi connectivity index (χ0) is 11.1. The molecule has 0 amide bonds. The van der Waals surface area contributed by atoms with E-state index in [1.165, 1.54) is 44.1 Å². The minimum absolute atomic E-state index is 0.706. The van der Waals surface area contributed by atoms with Crippen LogP contribution < -0.4 is 0 Å². The van der Waals surface area contributed by atoms with Gasteiger partial charge in [-0.05, 0) is 36.3 Å². The van der Waals surface area contributed by atoms with Crippen molar-refractivity contribution < 1.29 is 0 Å². The van der Waals surface area contributed by atoms with Crippen LogP contribution in [0.3, 0.4) is 0 Å². The van der Waals surface area contributed by atoms with E-state index >= 15 is 0 Å². The molecule has 1 N–H and O–H groups in total. The second kappa shape index (κ2) is 6.71. The molecule has 1 atom stereocenters. The molecule has 86 valence electrons. The summed E-state index contributed by atoms with van der Waals surface area (Å²) >= 11 is 0. The molecule has 0 aromatic carbocycles. The minimum atomic E-state index is 0.706. The van der Waals surface area contributed by atoms with Crippen molar-refractivity contribution in [2.75, 3.05) is 0 Å². The van der Waals surface area contributed by atoms with E-state index in [-0.39, 0.29) is 0 Å². The fraction of sp³-hybridized carbons (Fsp3) is 0.714. The molecule has 1 unspecified atom stereocenters. The molecule has 1 aromatic rings. The maximum atomic E-state index is 3.25. The molecule has 1 heteroatoms. The van der Waals surface area contributed by atoms with Crippen LogP contribution in [-0.4, -0.2) is 4.98 Å². The van der Waals surface area contributed by atoms with Crippen molar-refractivity contribution in [2.24, 2.45) is 0 Å². The highest BCUT2D eigenvalue weighted by atomic mass is 14.6. The topological polar surface area (TPSA) is 15.8 Å². The summed E-state index contributed by atoms with van der Waals surface area (Å²) < 4.78 is 0. The Balaban J connectivity index is 2.43. The molecule has 15 heavy (non-hydrogen) atoms. The normalized spacial score (nSPS) is 13.0. The number of aromatic amines is 1. The average Bonchev–Trinajstić information content (AvgIpc) is 2.71. The molecule has 0 aliphatic heterocycles. The van der Waals surface area contributed by atoms with Crippen LogP contribution in [-0.2, 0) is 6.42 Å². The first-order valence-corrected chi connectivity index (χ1v) is 6.45. The lowest BCUT2D eigenvalue weighted by Crippen LogP contribution is -1.95. The summed E-state index contributed by atoms with van der Waals surface area (Å²) in [5.41, 5.74) is 3.08. The van der Waals surface area contributed by atoms with E-state index in [0.717, 1.165) is 0 Å². The van der Waals surface area contributed by atoms with Gasteiger partial charge in [-0.25, -0.2) is 0 Å². The van der Waals surface area contributed by atoms with Gasteiger partial charge in [0.1, 0.15) is 0 Å². The molecular weight excluding hydrogens is 182 g/mol. The lowest BCUT2D eigenvalue weighted by molar-refractivity contribution is 0.657. The number of H-pyrrole nitrogens is 1. The van der Waals surface area contributed by atoms with Crippen molar-refractivity contribution in [3.05, 3.63) is 23.5 Å². The maximum absolute atomic E-state index is 3.25. The van der Waals surface area contributed by atoms with Gasteiger partial charge in [-0.2, -0.15) is 0 Å². The van der Waals surface area contributed by atoms with Gasteiger partial charge in [0.05, 0.1) is 0 Å². The number of aromatic nitrogens is 1. The highest BCUT2D eigenvalue weighted by Crippen LogP contribution is 2.23. The summed E-state index contributed by atoms with van der Waals surface area (Å²) in [7, 11) is 0.